The number of carbonyl (C=O) groups is 1. The van der Waals surface area contributed by atoms with Gasteiger partial charge in [-0.2, -0.15) is 0 Å². The molecule has 0 atom stereocenters. The fourth-order valence-electron chi connectivity index (χ4n) is 2.12. The van der Waals surface area contributed by atoms with Gasteiger partial charge in [0.15, 0.2) is 11.6 Å². The van der Waals surface area contributed by atoms with Crippen LogP contribution in [0.2, 0.25) is 5.02 Å². The first-order chi connectivity index (χ1) is 11.6. The molecule has 2 aromatic carbocycles. The van der Waals surface area contributed by atoms with Crippen molar-refractivity contribution in [3.8, 4) is 0 Å². The van der Waals surface area contributed by atoms with Crippen molar-refractivity contribution in [1.82, 2.24) is 10.2 Å². The number of hydrogen-bond donors (Lipinski definition) is 2. The van der Waals surface area contributed by atoms with Gasteiger partial charge in [-0.25, -0.2) is 0 Å². The summed E-state index contributed by atoms with van der Waals surface area (Å²) in [6, 6.07) is 18.1. The van der Waals surface area contributed by atoms with Crippen LogP contribution in [0, 0.1) is 6.92 Å². The number of carbonyl (C=O) groups excluding carboxylic acids is 1. The van der Waals surface area contributed by atoms with Crippen LogP contribution in [0.1, 0.15) is 15.9 Å². The highest BCUT2D eigenvalue weighted by molar-refractivity contribution is 6.30. The molecule has 24 heavy (non-hydrogen) atoms. The molecule has 3 aromatic rings. The molecule has 1 amide bonds. The van der Waals surface area contributed by atoms with Gasteiger partial charge in [-0.05, 0) is 55.5 Å². The SMILES string of the molecule is Cc1cccc(C(=O)Nc2ccc(Nc3ccc(Cl)cc3)nn2)c1. The van der Waals surface area contributed by atoms with Gasteiger partial charge >= 0.3 is 0 Å². The van der Waals surface area contributed by atoms with Crippen molar-refractivity contribution >= 4 is 34.8 Å². The van der Waals surface area contributed by atoms with Crippen LogP contribution in [0.3, 0.4) is 0 Å². The van der Waals surface area contributed by atoms with E-state index in [9.17, 15) is 4.79 Å². The second-order valence-corrected chi connectivity index (χ2v) is 5.70. The lowest BCUT2D eigenvalue weighted by Crippen LogP contribution is -2.13. The molecule has 0 unspecified atom stereocenters. The lowest BCUT2D eigenvalue weighted by molar-refractivity contribution is 0.102. The number of benzene rings is 2. The monoisotopic (exact) mass is 338 g/mol. The van der Waals surface area contributed by atoms with E-state index in [4.69, 9.17) is 11.6 Å². The molecule has 6 heteroatoms. The Morgan fingerprint density at radius 1 is 0.958 bits per heavy atom. The molecule has 1 heterocycles. The van der Waals surface area contributed by atoms with Gasteiger partial charge in [0.1, 0.15) is 0 Å². The first kappa shape index (κ1) is 16.0. The minimum Gasteiger partial charge on any atom is -0.339 e. The van der Waals surface area contributed by atoms with Crippen LogP contribution < -0.4 is 10.6 Å². The lowest BCUT2D eigenvalue weighted by atomic mass is 10.1. The maximum absolute atomic E-state index is 12.2. The second-order valence-electron chi connectivity index (χ2n) is 5.26. The molecule has 3 rings (SSSR count). The normalized spacial score (nSPS) is 10.2. The summed E-state index contributed by atoms with van der Waals surface area (Å²) in [4.78, 5) is 12.2. The van der Waals surface area contributed by atoms with Crippen LogP contribution in [-0.4, -0.2) is 16.1 Å². The van der Waals surface area contributed by atoms with Crippen LogP contribution in [0.4, 0.5) is 17.3 Å². The van der Waals surface area contributed by atoms with E-state index in [1.54, 1.807) is 30.3 Å². The van der Waals surface area contributed by atoms with E-state index in [1.807, 2.05) is 37.3 Å². The van der Waals surface area contributed by atoms with Crippen LogP contribution >= 0.6 is 11.6 Å². The summed E-state index contributed by atoms with van der Waals surface area (Å²) in [6.45, 7) is 1.94. The van der Waals surface area contributed by atoms with Crippen molar-refractivity contribution in [3.05, 3.63) is 76.8 Å². The number of aryl methyl sites for hydroxylation is 1. The Morgan fingerprint density at radius 3 is 2.33 bits per heavy atom. The molecule has 0 aliphatic carbocycles. The average molecular weight is 339 g/mol. The van der Waals surface area contributed by atoms with E-state index in [0.29, 0.717) is 22.2 Å². The summed E-state index contributed by atoms with van der Waals surface area (Å²) in [5.41, 5.74) is 2.46. The zero-order valence-electron chi connectivity index (χ0n) is 13.0. The highest BCUT2D eigenvalue weighted by Crippen LogP contribution is 2.18. The minimum absolute atomic E-state index is 0.216. The summed E-state index contributed by atoms with van der Waals surface area (Å²) < 4.78 is 0. The molecule has 0 saturated heterocycles. The Bertz CT molecular complexity index is 848. The zero-order valence-corrected chi connectivity index (χ0v) is 13.7. The number of anilines is 3. The standard InChI is InChI=1S/C18H15ClN4O/c1-12-3-2-4-13(11-12)18(24)21-17-10-9-16(22-23-17)20-15-7-5-14(19)6-8-15/h2-11H,1H3,(H,20,22)(H,21,23,24). The van der Waals surface area contributed by atoms with Crippen molar-refractivity contribution < 1.29 is 4.79 Å². The number of nitrogens with one attached hydrogen (secondary N) is 2. The third kappa shape index (κ3) is 4.08. The van der Waals surface area contributed by atoms with Gasteiger partial charge in [-0.15, -0.1) is 10.2 Å². The van der Waals surface area contributed by atoms with Gasteiger partial charge < -0.3 is 10.6 Å². The van der Waals surface area contributed by atoms with Gasteiger partial charge in [-0.3, -0.25) is 4.79 Å². The summed E-state index contributed by atoms with van der Waals surface area (Å²) in [7, 11) is 0. The van der Waals surface area contributed by atoms with Gasteiger partial charge in [0, 0.05) is 16.3 Å². The maximum atomic E-state index is 12.2. The fourth-order valence-corrected chi connectivity index (χ4v) is 2.25. The molecule has 0 saturated carbocycles. The maximum Gasteiger partial charge on any atom is 0.256 e. The Morgan fingerprint density at radius 2 is 1.67 bits per heavy atom. The van der Waals surface area contributed by atoms with Gasteiger partial charge in [0.2, 0.25) is 0 Å². The topological polar surface area (TPSA) is 66.9 Å². The van der Waals surface area contributed by atoms with Crippen molar-refractivity contribution in [2.45, 2.75) is 6.92 Å². The quantitative estimate of drug-likeness (QED) is 0.738. The molecule has 2 N–H and O–H groups in total. The molecular formula is C18H15ClN4O. The van der Waals surface area contributed by atoms with Crippen LogP contribution in [-0.2, 0) is 0 Å². The average Bonchev–Trinajstić information content (AvgIpc) is 2.59. The first-order valence-corrected chi connectivity index (χ1v) is 7.72. The molecule has 5 nitrogen and oxygen atoms in total. The lowest BCUT2D eigenvalue weighted by Gasteiger charge is -2.07. The van der Waals surface area contributed by atoms with E-state index in [2.05, 4.69) is 20.8 Å². The number of aromatic nitrogens is 2. The van der Waals surface area contributed by atoms with E-state index < -0.39 is 0 Å². The highest BCUT2D eigenvalue weighted by atomic mass is 35.5. The smallest absolute Gasteiger partial charge is 0.256 e. The van der Waals surface area contributed by atoms with Gasteiger partial charge in [0.25, 0.3) is 5.91 Å². The fraction of sp³-hybridized carbons (Fsp3) is 0.0556. The largest absolute Gasteiger partial charge is 0.339 e. The van der Waals surface area contributed by atoms with E-state index in [-0.39, 0.29) is 5.91 Å². The Labute approximate surface area is 144 Å². The van der Waals surface area contributed by atoms with E-state index in [0.717, 1.165) is 11.3 Å². The molecule has 120 valence electrons. The summed E-state index contributed by atoms with van der Waals surface area (Å²) in [5.74, 6) is 0.750. The van der Waals surface area contributed by atoms with Crippen molar-refractivity contribution in [1.29, 1.82) is 0 Å². The van der Waals surface area contributed by atoms with Crippen molar-refractivity contribution in [2.24, 2.45) is 0 Å². The van der Waals surface area contributed by atoms with Crippen LogP contribution in [0.15, 0.2) is 60.7 Å². The van der Waals surface area contributed by atoms with Crippen molar-refractivity contribution in [3.63, 3.8) is 0 Å². The number of nitrogens with zero attached hydrogens (tertiary/aromatic N) is 2. The van der Waals surface area contributed by atoms with E-state index >= 15 is 0 Å². The molecule has 0 bridgehead atoms. The summed E-state index contributed by atoms with van der Waals surface area (Å²) in [6.07, 6.45) is 0. The second kappa shape index (κ2) is 7.10. The van der Waals surface area contributed by atoms with Gasteiger partial charge in [-0.1, -0.05) is 29.3 Å². The Kier molecular flexibility index (Phi) is 4.72. The van der Waals surface area contributed by atoms with E-state index in [1.165, 1.54) is 0 Å². The molecule has 0 aliphatic rings. The molecule has 0 radical (unpaired) electrons. The minimum atomic E-state index is -0.216. The zero-order chi connectivity index (χ0) is 16.9. The van der Waals surface area contributed by atoms with Crippen LogP contribution in [0.25, 0.3) is 0 Å². The number of amides is 1. The Hall–Kier alpha value is -2.92. The number of rotatable bonds is 4. The number of halogens is 1. The predicted octanol–water partition coefficient (Wildman–Crippen LogP) is 4.43. The predicted molar refractivity (Wildman–Crippen MR) is 95.9 cm³/mol. The molecule has 0 aliphatic heterocycles. The number of hydrogen-bond acceptors (Lipinski definition) is 4. The highest BCUT2D eigenvalue weighted by Gasteiger charge is 2.07. The molecule has 0 fully saturated rings. The molecular weight excluding hydrogens is 324 g/mol. The van der Waals surface area contributed by atoms with Gasteiger partial charge in [0.05, 0.1) is 0 Å². The van der Waals surface area contributed by atoms with Crippen LogP contribution in [0.5, 0.6) is 0 Å². The Balaban J connectivity index is 1.66. The first-order valence-electron chi connectivity index (χ1n) is 7.34. The third-order valence-corrected chi connectivity index (χ3v) is 3.56. The van der Waals surface area contributed by atoms with Crippen molar-refractivity contribution in [2.75, 3.05) is 10.6 Å². The summed E-state index contributed by atoms with van der Waals surface area (Å²) >= 11 is 5.85. The third-order valence-electron chi connectivity index (χ3n) is 3.30. The molecule has 1 aromatic heterocycles. The molecule has 0 spiro atoms. The summed E-state index contributed by atoms with van der Waals surface area (Å²) in [5, 5.41) is 14.6.